The molecule has 13 heavy (non-hydrogen) atoms. The molecule has 0 spiro atoms. The van der Waals surface area contributed by atoms with Crippen LogP contribution in [0.1, 0.15) is 10.4 Å². The number of carbonyl (C=O) groups excluding carboxylic acids is 1. The third-order valence-corrected chi connectivity index (χ3v) is 1.89. The van der Waals surface area contributed by atoms with Gasteiger partial charge in [-0.05, 0) is 18.2 Å². The van der Waals surface area contributed by atoms with Crippen LogP contribution in [0.15, 0.2) is 18.2 Å². The van der Waals surface area contributed by atoms with Gasteiger partial charge in [-0.2, -0.15) is 0 Å². The Labute approximate surface area is 75.5 Å². The minimum absolute atomic E-state index is 0.125. The predicted molar refractivity (Wildman–Crippen MR) is 46.0 cm³/mol. The van der Waals surface area contributed by atoms with Crippen LogP contribution in [0.25, 0.3) is 0 Å². The van der Waals surface area contributed by atoms with Gasteiger partial charge in [0.25, 0.3) is 5.91 Å². The molecule has 1 aromatic carbocycles. The lowest BCUT2D eigenvalue weighted by Crippen LogP contribution is -2.32. The Bertz CT molecular complexity index is 349. The van der Waals surface area contributed by atoms with Gasteiger partial charge in [-0.15, -0.1) is 0 Å². The van der Waals surface area contributed by atoms with Gasteiger partial charge in [0.1, 0.15) is 11.5 Å². The van der Waals surface area contributed by atoms with E-state index in [1.54, 1.807) is 25.3 Å². The molecule has 0 saturated carbocycles. The molecule has 1 heterocycles. The summed E-state index contributed by atoms with van der Waals surface area (Å²) in [6.45, 7) is 0.234. The highest BCUT2D eigenvalue weighted by Gasteiger charge is 2.17. The number of ether oxygens (including phenoxy) is 2. The van der Waals surface area contributed by atoms with Crippen molar-refractivity contribution < 1.29 is 14.3 Å². The molecule has 0 atom stereocenters. The summed E-state index contributed by atoms with van der Waals surface area (Å²) in [5, 5.41) is 2.57. The fourth-order valence-corrected chi connectivity index (χ4v) is 1.21. The van der Waals surface area contributed by atoms with E-state index in [1.165, 1.54) is 0 Å². The normalized spacial score (nSPS) is 14.1. The van der Waals surface area contributed by atoms with Crippen LogP contribution in [0.2, 0.25) is 0 Å². The van der Waals surface area contributed by atoms with Crippen LogP contribution >= 0.6 is 0 Å². The van der Waals surface area contributed by atoms with Crippen LogP contribution in [0.4, 0.5) is 0 Å². The molecule has 0 bridgehead atoms. The lowest BCUT2D eigenvalue weighted by Gasteiger charge is -2.17. The van der Waals surface area contributed by atoms with Crippen LogP contribution in [0.5, 0.6) is 11.5 Å². The van der Waals surface area contributed by atoms with Crippen LogP contribution in [0, 0.1) is 0 Å². The Kier molecular flexibility index (Phi) is 1.81. The summed E-state index contributed by atoms with van der Waals surface area (Å²) in [5.74, 6) is 1.13. The molecule has 0 radical (unpaired) electrons. The number of amides is 1. The first-order chi connectivity index (χ1) is 6.31. The Balaban J connectivity index is 2.47. The fourth-order valence-electron chi connectivity index (χ4n) is 1.21. The maximum atomic E-state index is 11.3. The van der Waals surface area contributed by atoms with Crippen molar-refractivity contribution in [3.05, 3.63) is 23.8 Å². The minimum atomic E-state index is -0.125. The summed E-state index contributed by atoms with van der Waals surface area (Å²) in [4.78, 5) is 11.3. The Morgan fingerprint density at radius 2 is 2.38 bits per heavy atom. The average Bonchev–Trinajstić information content (AvgIpc) is 2.18. The average molecular weight is 179 g/mol. The van der Waals surface area contributed by atoms with Crippen molar-refractivity contribution in [2.24, 2.45) is 0 Å². The number of methoxy groups -OCH3 is 1. The molecule has 1 aromatic rings. The standard InChI is InChI=1S/C9H9NO3/c1-12-6-2-3-8-7(4-6)9(11)10-5-13-8/h2-4H,5H2,1H3,(H,10,11). The van der Waals surface area contributed by atoms with Crippen molar-refractivity contribution in [3.63, 3.8) is 0 Å². The van der Waals surface area contributed by atoms with E-state index in [4.69, 9.17) is 9.47 Å². The van der Waals surface area contributed by atoms with E-state index in [9.17, 15) is 4.79 Å². The summed E-state index contributed by atoms with van der Waals surface area (Å²) < 4.78 is 10.2. The van der Waals surface area contributed by atoms with Crippen molar-refractivity contribution in [1.29, 1.82) is 0 Å². The van der Waals surface area contributed by atoms with Gasteiger partial charge >= 0.3 is 0 Å². The van der Waals surface area contributed by atoms with E-state index >= 15 is 0 Å². The second kappa shape index (κ2) is 2.97. The van der Waals surface area contributed by atoms with Crippen molar-refractivity contribution in [2.45, 2.75) is 0 Å². The van der Waals surface area contributed by atoms with Gasteiger partial charge in [0.2, 0.25) is 0 Å². The molecule has 0 aromatic heterocycles. The van der Waals surface area contributed by atoms with Gasteiger partial charge in [0, 0.05) is 0 Å². The molecule has 1 aliphatic rings. The highest BCUT2D eigenvalue weighted by atomic mass is 16.5. The first-order valence-corrected chi connectivity index (χ1v) is 3.90. The summed E-state index contributed by atoms with van der Waals surface area (Å²) in [6, 6.07) is 5.15. The minimum Gasteiger partial charge on any atom is -0.497 e. The number of hydrogen-bond donors (Lipinski definition) is 1. The Morgan fingerprint density at radius 1 is 1.54 bits per heavy atom. The van der Waals surface area contributed by atoms with Crippen molar-refractivity contribution in [1.82, 2.24) is 5.32 Å². The van der Waals surface area contributed by atoms with Crippen LogP contribution in [-0.2, 0) is 0 Å². The second-order valence-corrected chi connectivity index (χ2v) is 2.66. The first kappa shape index (κ1) is 7.91. The lowest BCUT2D eigenvalue weighted by molar-refractivity contribution is 0.0883. The van der Waals surface area contributed by atoms with Crippen LogP contribution < -0.4 is 14.8 Å². The van der Waals surface area contributed by atoms with E-state index in [-0.39, 0.29) is 12.6 Å². The molecule has 1 aliphatic heterocycles. The van der Waals surface area contributed by atoms with E-state index in [1.807, 2.05) is 0 Å². The number of benzene rings is 1. The topological polar surface area (TPSA) is 47.6 Å². The summed E-state index contributed by atoms with van der Waals surface area (Å²) in [6.07, 6.45) is 0. The highest BCUT2D eigenvalue weighted by molar-refractivity contribution is 5.98. The highest BCUT2D eigenvalue weighted by Crippen LogP contribution is 2.25. The predicted octanol–water partition coefficient (Wildman–Crippen LogP) is 0.775. The van der Waals surface area contributed by atoms with E-state index < -0.39 is 0 Å². The Morgan fingerprint density at radius 3 is 3.15 bits per heavy atom. The van der Waals surface area contributed by atoms with Crippen LogP contribution in [-0.4, -0.2) is 19.7 Å². The molecule has 0 saturated heterocycles. The molecular formula is C9H9NO3. The molecule has 68 valence electrons. The zero-order valence-electron chi connectivity index (χ0n) is 7.16. The summed E-state index contributed by atoms with van der Waals surface area (Å²) in [7, 11) is 1.56. The number of carbonyl (C=O) groups is 1. The maximum Gasteiger partial charge on any atom is 0.257 e. The maximum absolute atomic E-state index is 11.3. The van der Waals surface area contributed by atoms with E-state index in [2.05, 4.69) is 5.32 Å². The van der Waals surface area contributed by atoms with Gasteiger partial charge in [-0.3, -0.25) is 4.79 Å². The molecule has 1 N–H and O–H groups in total. The molecule has 0 aliphatic carbocycles. The molecule has 2 rings (SSSR count). The van der Waals surface area contributed by atoms with Gasteiger partial charge in [-0.25, -0.2) is 0 Å². The third-order valence-electron chi connectivity index (χ3n) is 1.89. The Hall–Kier alpha value is -1.71. The number of nitrogens with one attached hydrogen (secondary N) is 1. The number of fused-ring (bicyclic) bond motifs is 1. The number of rotatable bonds is 1. The van der Waals surface area contributed by atoms with Gasteiger partial charge in [0.05, 0.1) is 12.7 Å². The smallest absolute Gasteiger partial charge is 0.257 e. The summed E-state index contributed by atoms with van der Waals surface area (Å²) in [5.41, 5.74) is 0.519. The molecule has 4 nitrogen and oxygen atoms in total. The van der Waals surface area contributed by atoms with Gasteiger partial charge in [0.15, 0.2) is 6.73 Å². The van der Waals surface area contributed by atoms with Crippen molar-refractivity contribution in [2.75, 3.05) is 13.8 Å². The zero-order chi connectivity index (χ0) is 9.26. The number of hydrogen-bond acceptors (Lipinski definition) is 3. The molecule has 1 amide bonds. The van der Waals surface area contributed by atoms with E-state index in [0.717, 1.165) is 0 Å². The van der Waals surface area contributed by atoms with Crippen molar-refractivity contribution >= 4 is 5.91 Å². The van der Waals surface area contributed by atoms with Gasteiger partial charge < -0.3 is 14.8 Å². The first-order valence-electron chi connectivity index (χ1n) is 3.90. The largest absolute Gasteiger partial charge is 0.497 e. The molecule has 0 fully saturated rings. The monoisotopic (exact) mass is 179 g/mol. The molecule has 4 heteroatoms. The van der Waals surface area contributed by atoms with Crippen LogP contribution in [0.3, 0.4) is 0 Å². The molecular weight excluding hydrogens is 170 g/mol. The molecule has 0 unspecified atom stereocenters. The SMILES string of the molecule is COc1ccc2c(c1)C(=O)NCO2. The quantitative estimate of drug-likeness (QED) is 0.692. The van der Waals surface area contributed by atoms with E-state index in [0.29, 0.717) is 17.1 Å². The van der Waals surface area contributed by atoms with Crippen molar-refractivity contribution in [3.8, 4) is 11.5 Å². The second-order valence-electron chi connectivity index (χ2n) is 2.66. The summed E-state index contributed by atoms with van der Waals surface area (Å²) >= 11 is 0. The third kappa shape index (κ3) is 1.30. The van der Waals surface area contributed by atoms with Gasteiger partial charge in [-0.1, -0.05) is 0 Å². The fraction of sp³-hybridized carbons (Fsp3) is 0.222. The zero-order valence-corrected chi connectivity index (χ0v) is 7.16. The lowest BCUT2D eigenvalue weighted by atomic mass is 10.1.